The molecule has 0 spiro atoms. The van der Waals surface area contributed by atoms with Crippen molar-refractivity contribution in [2.24, 2.45) is 0 Å². The van der Waals surface area contributed by atoms with Crippen LogP contribution in [0.2, 0.25) is 0 Å². The maximum Gasteiger partial charge on any atom is 0.134 e. The minimum Gasteiger partial charge on any atom is -0.325 e. The van der Waals surface area contributed by atoms with Crippen LogP contribution in [0.15, 0.2) is 61.2 Å². The van der Waals surface area contributed by atoms with Crippen molar-refractivity contribution in [1.29, 1.82) is 0 Å². The molecule has 5 heteroatoms. The molecule has 3 aromatic rings. The van der Waals surface area contributed by atoms with Crippen molar-refractivity contribution in [3.63, 3.8) is 0 Å². The Morgan fingerprint density at radius 3 is 2.74 bits per heavy atom. The van der Waals surface area contributed by atoms with Crippen LogP contribution in [0.5, 0.6) is 0 Å². The number of aromatic nitrogens is 3. The van der Waals surface area contributed by atoms with Gasteiger partial charge in [-0.25, -0.2) is 9.97 Å². The van der Waals surface area contributed by atoms with E-state index < -0.39 is 0 Å². The van der Waals surface area contributed by atoms with Crippen molar-refractivity contribution in [3.8, 4) is 0 Å². The number of aryl methyl sites for hydroxylation is 1. The fourth-order valence-electron chi connectivity index (χ4n) is 3.70. The van der Waals surface area contributed by atoms with Crippen molar-refractivity contribution in [1.82, 2.24) is 19.9 Å². The monoisotopic (exact) mass is 359 g/mol. The minimum atomic E-state index is 0.414. The molecule has 5 nitrogen and oxygen atoms in total. The first-order chi connectivity index (χ1) is 13.3. The van der Waals surface area contributed by atoms with Crippen LogP contribution in [0.1, 0.15) is 42.0 Å². The number of nitrogens with one attached hydrogen (secondary N) is 1. The fourth-order valence-corrected chi connectivity index (χ4v) is 3.70. The number of piperidine rings is 1. The van der Waals surface area contributed by atoms with Crippen LogP contribution in [0.3, 0.4) is 0 Å². The molecule has 0 saturated carbocycles. The van der Waals surface area contributed by atoms with E-state index in [1.807, 2.05) is 43.7 Å². The lowest BCUT2D eigenvalue weighted by Crippen LogP contribution is -2.33. The molecule has 0 aromatic carbocycles. The van der Waals surface area contributed by atoms with Crippen LogP contribution in [-0.2, 0) is 6.54 Å². The molecule has 1 atom stereocenters. The molecule has 0 bridgehead atoms. The summed E-state index contributed by atoms with van der Waals surface area (Å²) in [6, 6.07) is 12.8. The molecule has 1 N–H and O–H groups in total. The molecule has 4 heterocycles. The van der Waals surface area contributed by atoms with Crippen molar-refractivity contribution >= 4 is 11.6 Å². The summed E-state index contributed by atoms with van der Waals surface area (Å²) in [5, 5.41) is 3.31. The Morgan fingerprint density at radius 2 is 1.96 bits per heavy atom. The van der Waals surface area contributed by atoms with Gasteiger partial charge in [0.25, 0.3) is 0 Å². The van der Waals surface area contributed by atoms with E-state index in [0.29, 0.717) is 6.04 Å². The Labute approximate surface area is 160 Å². The Hall–Kier alpha value is -2.79. The Bertz CT molecular complexity index is 863. The highest BCUT2D eigenvalue weighted by molar-refractivity contribution is 5.55. The van der Waals surface area contributed by atoms with Crippen LogP contribution in [0, 0.1) is 6.92 Å². The van der Waals surface area contributed by atoms with Crippen molar-refractivity contribution < 1.29 is 0 Å². The molecule has 1 aliphatic rings. The van der Waals surface area contributed by atoms with E-state index in [1.165, 1.54) is 30.4 Å². The molecule has 4 rings (SSSR count). The SMILES string of the molecule is Cc1cccnc1Nc1ccc([C@@H]2CCCCN2Cc2cccnc2)cn1. The van der Waals surface area contributed by atoms with E-state index in [1.54, 1.807) is 6.20 Å². The van der Waals surface area contributed by atoms with Crippen LogP contribution in [-0.4, -0.2) is 26.4 Å². The molecule has 0 unspecified atom stereocenters. The summed E-state index contributed by atoms with van der Waals surface area (Å²) < 4.78 is 0. The second-order valence-corrected chi connectivity index (χ2v) is 7.11. The quantitative estimate of drug-likeness (QED) is 0.718. The van der Waals surface area contributed by atoms with Gasteiger partial charge in [-0.05, 0) is 61.2 Å². The Kier molecular flexibility index (Phi) is 5.39. The molecular formula is C22H25N5. The van der Waals surface area contributed by atoms with E-state index in [9.17, 15) is 0 Å². The Balaban J connectivity index is 1.48. The molecule has 1 fully saturated rings. The van der Waals surface area contributed by atoms with Crippen molar-refractivity contribution in [2.75, 3.05) is 11.9 Å². The maximum atomic E-state index is 4.64. The number of nitrogens with zero attached hydrogens (tertiary/aromatic N) is 4. The van der Waals surface area contributed by atoms with Gasteiger partial charge in [0, 0.05) is 37.4 Å². The second kappa shape index (κ2) is 8.27. The zero-order valence-corrected chi connectivity index (χ0v) is 15.7. The summed E-state index contributed by atoms with van der Waals surface area (Å²) >= 11 is 0. The first kappa shape index (κ1) is 17.6. The van der Waals surface area contributed by atoms with Gasteiger partial charge < -0.3 is 5.32 Å². The van der Waals surface area contributed by atoms with Gasteiger partial charge in [-0.2, -0.15) is 0 Å². The zero-order valence-electron chi connectivity index (χ0n) is 15.7. The molecule has 0 aliphatic carbocycles. The first-order valence-corrected chi connectivity index (χ1v) is 9.57. The summed E-state index contributed by atoms with van der Waals surface area (Å²) in [5.74, 6) is 1.68. The summed E-state index contributed by atoms with van der Waals surface area (Å²) in [7, 11) is 0. The van der Waals surface area contributed by atoms with E-state index in [0.717, 1.165) is 30.3 Å². The molecule has 0 amide bonds. The van der Waals surface area contributed by atoms with Gasteiger partial charge >= 0.3 is 0 Å². The minimum absolute atomic E-state index is 0.414. The molecule has 138 valence electrons. The van der Waals surface area contributed by atoms with E-state index >= 15 is 0 Å². The van der Waals surface area contributed by atoms with Gasteiger partial charge in [-0.3, -0.25) is 9.88 Å². The summed E-state index contributed by atoms with van der Waals surface area (Å²) in [5.41, 5.74) is 3.65. The predicted octanol–water partition coefficient (Wildman–Crippen LogP) is 4.65. The Morgan fingerprint density at radius 1 is 1.04 bits per heavy atom. The van der Waals surface area contributed by atoms with Gasteiger partial charge in [0.15, 0.2) is 0 Å². The number of likely N-dealkylation sites (tertiary alicyclic amines) is 1. The van der Waals surface area contributed by atoms with Crippen LogP contribution < -0.4 is 5.32 Å². The third kappa shape index (κ3) is 4.31. The topological polar surface area (TPSA) is 53.9 Å². The van der Waals surface area contributed by atoms with Gasteiger partial charge in [0.05, 0.1) is 0 Å². The maximum absolute atomic E-state index is 4.64. The molecule has 1 aliphatic heterocycles. The number of rotatable bonds is 5. The van der Waals surface area contributed by atoms with E-state index in [-0.39, 0.29) is 0 Å². The van der Waals surface area contributed by atoms with Crippen LogP contribution in [0.4, 0.5) is 11.6 Å². The molecular weight excluding hydrogens is 334 g/mol. The summed E-state index contributed by atoms with van der Waals surface area (Å²) in [6.45, 7) is 4.10. The molecule has 1 saturated heterocycles. The number of anilines is 2. The van der Waals surface area contributed by atoms with E-state index in [2.05, 4.69) is 43.4 Å². The third-order valence-corrected chi connectivity index (χ3v) is 5.15. The van der Waals surface area contributed by atoms with E-state index in [4.69, 9.17) is 0 Å². The largest absolute Gasteiger partial charge is 0.325 e. The predicted molar refractivity (Wildman–Crippen MR) is 108 cm³/mol. The zero-order chi connectivity index (χ0) is 18.5. The average Bonchev–Trinajstić information content (AvgIpc) is 2.72. The lowest BCUT2D eigenvalue weighted by molar-refractivity contribution is 0.140. The average molecular weight is 359 g/mol. The van der Waals surface area contributed by atoms with Crippen molar-refractivity contribution in [3.05, 3.63) is 77.9 Å². The number of pyridine rings is 3. The lowest BCUT2D eigenvalue weighted by Gasteiger charge is -2.36. The first-order valence-electron chi connectivity index (χ1n) is 9.57. The number of hydrogen-bond acceptors (Lipinski definition) is 5. The smallest absolute Gasteiger partial charge is 0.134 e. The molecule has 3 aromatic heterocycles. The van der Waals surface area contributed by atoms with Gasteiger partial charge in [-0.1, -0.05) is 24.6 Å². The van der Waals surface area contributed by atoms with Gasteiger partial charge in [0.2, 0.25) is 0 Å². The standard InChI is InChI=1S/C22H25N5/c1-17-6-4-12-24-22(17)26-21-10-9-19(15-25-21)20-8-2-3-13-27(20)16-18-7-5-11-23-14-18/h4-7,9-12,14-15,20H,2-3,8,13,16H2,1H3,(H,24,25,26)/t20-/m0/s1. The van der Waals surface area contributed by atoms with Crippen LogP contribution >= 0.6 is 0 Å². The van der Waals surface area contributed by atoms with Gasteiger partial charge in [-0.15, -0.1) is 0 Å². The van der Waals surface area contributed by atoms with Gasteiger partial charge in [0.1, 0.15) is 11.6 Å². The summed E-state index contributed by atoms with van der Waals surface area (Å²) in [6.07, 6.45) is 11.3. The highest BCUT2D eigenvalue weighted by Gasteiger charge is 2.24. The molecule has 0 radical (unpaired) electrons. The second-order valence-electron chi connectivity index (χ2n) is 7.11. The number of hydrogen-bond donors (Lipinski definition) is 1. The summed E-state index contributed by atoms with van der Waals surface area (Å²) in [4.78, 5) is 15.8. The fraction of sp³-hybridized carbons (Fsp3) is 0.318. The molecule has 27 heavy (non-hydrogen) atoms. The highest BCUT2D eigenvalue weighted by atomic mass is 15.2. The van der Waals surface area contributed by atoms with Crippen LogP contribution in [0.25, 0.3) is 0 Å². The lowest BCUT2D eigenvalue weighted by atomic mass is 9.96. The van der Waals surface area contributed by atoms with Crippen molar-refractivity contribution in [2.45, 2.75) is 38.8 Å². The highest BCUT2D eigenvalue weighted by Crippen LogP contribution is 2.32. The normalized spacial score (nSPS) is 17.6. The third-order valence-electron chi connectivity index (χ3n) is 5.15.